The van der Waals surface area contributed by atoms with E-state index >= 15 is 0 Å². The molecule has 1 atom stereocenters. The molecule has 17 heavy (non-hydrogen) atoms. The van der Waals surface area contributed by atoms with E-state index in [4.69, 9.17) is 4.42 Å². The summed E-state index contributed by atoms with van der Waals surface area (Å²) in [6.45, 7) is 2.18. The monoisotopic (exact) mass is 293 g/mol. The van der Waals surface area contributed by atoms with E-state index in [-0.39, 0.29) is 0 Å². The highest BCUT2D eigenvalue weighted by molar-refractivity contribution is 9.10. The maximum absolute atomic E-state index is 5.44. The number of hydrogen-bond acceptors (Lipinski definition) is 2. The van der Waals surface area contributed by atoms with Gasteiger partial charge in [0, 0.05) is 11.6 Å². The van der Waals surface area contributed by atoms with Gasteiger partial charge in [0.25, 0.3) is 0 Å². The van der Waals surface area contributed by atoms with Crippen molar-refractivity contribution in [2.24, 2.45) is 0 Å². The summed E-state index contributed by atoms with van der Waals surface area (Å²) in [5.41, 5.74) is 2.40. The lowest BCUT2D eigenvalue weighted by Gasteiger charge is -2.14. The SMILES string of the molecule is CCC(NC)c1ccc(-c2occc2Br)cc1. The minimum atomic E-state index is 0.420. The van der Waals surface area contributed by atoms with Crippen molar-refractivity contribution in [3.63, 3.8) is 0 Å². The molecule has 0 spiro atoms. The van der Waals surface area contributed by atoms with Crippen LogP contribution in [0.25, 0.3) is 11.3 Å². The third-order valence-corrected chi connectivity index (χ3v) is 3.57. The van der Waals surface area contributed by atoms with E-state index in [0.717, 1.165) is 22.2 Å². The molecule has 3 heteroatoms. The maximum Gasteiger partial charge on any atom is 0.148 e. The summed E-state index contributed by atoms with van der Waals surface area (Å²) in [6.07, 6.45) is 2.77. The third-order valence-electron chi connectivity index (χ3n) is 2.95. The molecule has 2 nitrogen and oxygen atoms in total. The van der Waals surface area contributed by atoms with Crippen LogP contribution < -0.4 is 5.32 Å². The van der Waals surface area contributed by atoms with Gasteiger partial charge < -0.3 is 9.73 Å². The van der Waals surface area contributed by atoms with Crippen molar-refractivity contribution in [3.05, 3.63) is 46.6 Å². The lowest BCUT2D eigenvalue weighted by Crippen LogP contribution is -2.14. The van der Waals surface area contributed by atoms with Crippen LogP contribution in [0.2, 0.25) is 0 Å². The molecular formula is C14H16BrNO. The molecule has 0 bridgehead atoms. The molecule has 1 aromatic carbocycles. The van der Waals surface area contributed by atoms with Crippen LogP contribution in [-0.4, -0.2) is 7.05 Å². The Bertz CT molecular complexity index is 471. The molecule has 1 unspecified atom stereocenters. The lowest BCUT2D eigenvalue weighted by atomic mass is 10.0. The number of furan rings is 1. The first-order chi connectivity index (χ1) is 8.26. The normalized spacial score (nSPS) is 12.6. The molecule has 2 rings (SSSR count). The topological polar surface area (TPSA) is 25.2 Å². The molecule has 0 saturated carbocycles. The molecule has 1 N–H and O–H groups in total. The smallest absolute Gasteiger partial charge is 0.148 e. The number of halogens is 1. The predicted molar refractivity (Wildman–Crippen MR) is 73.9 cm³/mol. The Kier molecular flexibility index (Phi) is 4.02. The Morgan fingerprint density at radius 2 is 1.94 bits per heavy atom. The summed E-state index contributed by atoms with van der Waals surface area (Å²) >= 11 is 3.47. The fourth-order valence-electron chi connectivity index (χ4n) is 1.97. The highest BCUT2D eigenvalue weighted by Crippen LogP contribution is 2.30. The zero-order valence-corrected chi connectivity index (χ0v) is 11.6. The van der Waals surface area contributed by atoms with Crippen LogP contribution in [0.3, 0.4) is 0 Å². The Balaban J connectivity index is 2.27. The van der Waals surface area contributed by atoms with Gasteiger partial charge in [-0.25, -0.2) is 0 Å². The summed E-state index contributed by atoms with van der Waals surface area (Å²) in [7, 11) is 1.99. The van der Waals surface area contributed by atoms with Crippen LogP contribution in [0.5, 0.6) is 0 Å². The molecule has 0 amide bonds. The van der Waals surface area contributed by atoms with E-state index in [2.05, 4.69) is 52.4 Å². The highest BCUT2D eigenvalue weighted by Gasteiger charge is 2.09. The Hall–Kier alpha value is -1.06. The molecule has 1 aromatic heterocycles. The second kappa shape index (κ2) is 5.52. The fourth-order valence-corrected chi connectivity index (χ4v) is 2.40. The molecule has 0 aliphatic carbocycles. The van der Waals surface area contributed by atoms with E-state index in [9.17, 15) is 0 Å². The summed E-state index contributed by atoms with van der Waals surface area (Å²) < 4.78 is 6.43. The van der Waals surface area contributed by atoms with Crippen LogP contribution in [0, 0.1) is 0 Å². The van der Waals surface area contributed by atoms with Gasteiger partial charge in [-0.1, -0.05) is 31.2 Å². The van der Waals surface area contributed by atoms with E-state index in [1.807, 2.05) is 13.1 Å². The second-order valence-electron chi connectivity index (χ2n) is 3.97. The lowest BCUT2D eigenvalue weighted by molar-refractivity contribution is 0.575. The van der Waals surface area contributed by atoms with Gasteiger partial charge in [-0.05, 0) is 41.0 Å². The fraction of sp³-hybridized carbons (Fsp3) is 0.286. The van der Waals surface area contributed by atoms with Crippen molar-refractivity contribution in [1.29, 1.82) is 0 Å². The van der Waals surface area contributed by atoms with Crippen LogP contribution >= 0.6 is 15.9 Å². The van der Waals surface area contributed by atoms with Gasteiger partial charge >= 0.3 is 0 Å². The van der Waals surface area contributed by atoms with Gasteiger partial charge in [-0.3, -0.25) is 0 Å². The molecule has 90 valence electrons. The molecule has 1 heterocycles. The van der Waals surface area contributed by atoms with E-state index in [0.29, 0.717) is 6.04 Å². The standard InChI is InChI=1S/C14H16BrNO/c1-3-13(16-2)10-4-6-11(7-5-10)14-12(15)8-9-17-14/h4-9,13,16H,3H2,1-2H3. The predicted octanol–water partition coefficient (Wildman–Crippen LogP) is 4.38. The summed E-state index contributed by atoms with van der Waals surface area (Å²) in [5, 5.41) is 3.30. The Morgan fingerprint density at radius 1 is 1.24 bits per heavy atom. The summed E-state index contributed by atoms with van der Waals surface area (Å²) in [6, 6.07) is 10.8. The van der Waals surface area contributed by atoms with E-state index in [1.54, 1.807) is 6.26 Å². The van der Waals surface area contributed by atoms with Crippen molar-refractivity contribution in [3.8, 4) is 11.3 Å². The van der Waals surface area contributed by atoms with Crippen molar-refractivity contribution >= 4 is 15.9 Å². The third kappa shape index (κ3) is 2.61. The number of nitrogens with one attached hydrogen (secondary N) is 1. The van der Waals surface area contributed by atoms with Gasteiger partial charge in [0.2, 0.25) is 0 Å². The van der Waals surface area contributed by atoms with Gasteiger partial charge in [0.1, 0.15) is 5.76 Å². The maximum atomic E-state index is 5.44. The first-order valence-corrected chi connectivity index (χ1v) is 6.56. The van der Waals surface area contributed by atoms with Gasteiger partial charge in [-0.2, -0.15) is 0 Å². The molecule has 0 aliphatic rings. The van der Waals surface area contributed by atoms with Crippen molar-refractivity contribution < 1.29 is 4.42 Å². The van der Waals surface area contributed by atoms with Crippen molar-refractivity contribution in [1.82, 2.24) is 5.32 Å². The summed E-state index contributed by atoms with van der Waals surface area (Å²) in [5.74, 6) is 0.883. The van der Waals surface area contributed by atoms with E-state index < -0.39 is 0 Å². The second-order valence-corrected chi connectivity index (χ2v) is 4.82. The first kappa shape index (κ1) is 12.4. The van der Waals surface area contributed by atoms with Gasteiger partial charge in [0.15, 0.2) is 0 Å². The van der Waals surface area contributed by atoms with Crippen LogP contribution in [0.4, 0.5) is 0 Å². The largest absolute Gasteiger partial charge is 0.463 e. The average Bonchev–Trinajstić information content (AvgIpc) is 2.78. The van der Waals surface area contributed by atoms with Gasteiger partial charge in [0.05, 0.1) is 10.7 Å². The van der Waals surface area contributed by atoms with Crippen molar-refractivity contribution in [2.75, 3.05) is 7.05 Å². The Morgan fingerprint density at radius 3 is 2.41 bits per heavy atom. The molecule has 0 fully saturated rings. The number of hydrogen-bond donors (Lipinski definition) is 1. The molecule has 0 saturated heterocycles. The first-order valence-electron chi connectivity index (χ1n) is 5.76. The van der Waals surface area contributed by atoms with Crippen LogP contribution in [0.15, 0.2) is 45.5 Å². The molecule has 0 aliphatic heterocycles. The molecule has 0 radical (unpaired) electrons. The van der Waals surface area contributed by atoms with Gasteiger partial charge in [-0.15, -0.1) is 0 Å². The number of rotatable bonds is 4. The zero-order chi connectivity index (χ0) is 12.3. The minimum Gasteiger partial charge on any atom is -0.463 e. The molecule has 2 aromatic rings. The quantitative estimate of drug-likeness (QED) is 0.905. The zero-order valence-electron chi connectivity index (χ0n) is 10.0. The Labute approximate surface area is 110 Å². The minimum absolute atomic E-state index is 0.420. The van der Waals surface area contributed by atoms with Crippen molar-refractivity contribution in [2.45, 2.75) is 19.4 Å². The average molecular weight is 294 g/mol. The highest BCUT2D eigenvalue weighted by atomic mass is 79.9. The number of benzene rings is 1. The van der Waals surface area contributed by atoms with Crippen LogP contribution in [-0.2, 0) is 0 Å². The molecular weight excluding hydrogens is 278 g/mol. The van der Waals surface area contributed by atoms with E-state index in [1.165, 1.54) is 5.56 Å². The van der Waals surface area contributed by atoms with Crippen LogP contribution in [0.1, 0.15) is 24.9 Å². The summed E-state index contributed by atoms with van der Waals surface area (Å²) in [4.78, 5) is 0.